The first kappa shape index (κ1) is 25.5. The van der Waals surface area contributed by atoms with Gasteiger partial charge in [-0.05, 0) is 76.2 Å². The smallest absolute Gasteiger partial charge is 0.480 e. The summed E-state index contributed by atoms with van der Waals surface area (Å²) in [6, 6.07) is 8.24. The van der Waals surface area contributed by atoms with Crippen LogP contribution < -0.4 is 10.8 Å². The van der Waals surface area contributed by atoms with Gasteiger partial charge in [0, 0.05) is 6.54 Å². The SMILES string of the molecule is CC1(C)OB(c2ccc(/C=C/CN[C@](C(=O)O)(C3CCCCC3)C3CCCC3)cc2)OC1(C)C. The normalized spacial score (nSPS) is 25.1. The molecule has 0 amide bonds. The highest BCUT2D eigenvalue weighted by Gasteiger charge is 2.52. The lowest BCUT2D eigenvalue weighted by Crippen LogP contribution is -2.62. The van der Waals surface area contributed by atoms with Crippen molar-refractivity contribution in [2.45, 2.75) is 102 Å². The van der Waals surface area contributed by atoms with Gasteiger partial charge in [0.15, 0.2) is 0 Å². The minimum absolute atomic E-state index is 0.231. The summed E-state index contributed by atoms with van der Waals surface area (Å²) >= 11 is 0. The predicted octanol–water partition coefficient (Wildman–Crippen LogP) is 5.18. The van der Waals surface area contributed by atoms with E-state index in [1.807, 2.05) is 0 Å². The molecule has 1 aromatic carbocycles. The summed E-state index contributed by atoms with van der Waals surface area (Å²) < 4.78 is 12.3. The zero-order valence-electron chi connectivity index (χ0n) is 21.4. The molecule has 2 aliphatic carbocycles. The third-order valence-corrected chi connectivity index (χ3v) is 8.89. The number of nitrogens with one attached hydrogen (secondary N) is 1. The van der Waals surface area contributed by atoms with Crippen LogP contribution in [0.5, 0.6) is 0 Å². The molecule has 2 N–H and O–H groups in total. The van der Waals surface area contributed by atoms with Crippen LogP contribution in [0.15, 0.2) is 30.3 Å². The van der Waals surface area contributed by atoms with Crippen LogP contribution in [0.3, 0.4) is 0 Å². The average Bonchev–Trinajstić information content (AvgIpc) is 3.41. The molecule has 1 aliphatic heterocycles. The van der Waals surface area contributed by atoms with Crippen molar-refractivity contribution in [1.29, 1.82) is 0 Å². The zero-order chi connectivity index (χ0) is 24.4. The number of hydrogen-bond acceptors (Lipinski definition) is 4. The Kier molecular flexibility index (Phi) is 7.61. The third kappa shape index (κ3) is 5.00. The van der Waals surface area contributed by atoms with E-state index in [4.69, 9.17) is 9.31 Å². The number of carbonyl (C=O) groups is 1. The van der Waals surface area contributed by atoms with Crippen LogP contribution in [0.4, 0.5) is 0 Å². The van der Waals surface area contributed by atoms with E-state index in [0.717, 1.165) is 62.4 Å². The Hall–Kier alpha value is -1.63. The summed E-state index contributed by atoms with van der Waals surface area (Å²) in [5.41, 5.74) is 0.604. The van der Waals surface area contributed by atoms with Gasteiger partial charge in [-0.2, -0.15) is 0 Å². The molecule has 4 rings (SSSR count). The maximum Gasteiger partial charge on any atom is 0.494 e. The molecular weight excluding hydrogens is 425 g/mol. The summed E-state index contributed by atoms with van der Waals surface area (Å²) in [4.78, 5) is 12.7. The van der Waals surface area contributed by atoms with Crippen molar-refractivity contribution in [3.63, 3.8) is 0 Å². The molecule has 0 bridgehead atoms. The largest absolute Gasteiger partial charge is 0.494 e. The number of carboxylic acid groups (broad SMARTS) is 1. The van der Waals surface area contributed by atoms with Crippen molar-refractivity contribution in [3.8, 4) is 0 Å². The Labute approximate surface area is 205 Å². The predicted molar refractivity (Wildman–Crippen MR) is 138 cm³/mol. The number of carboxylic acids is 1. The van der Waals surface area contributed by atoms with E-state index in [-0.39, 0.29) is 30.2 Å². The minimum Gasteiger partial charge on any atom is -0.480 e. The zero-order valence-corrected chi connectivity index (χ0v) is 21.4. The van der Waals surface area contributed by atoms with Gasteiger partial charge in [-0.15, -0.1) is 0 Å². The van der Waals surface area contributed by atoms with Crippen molar-refractivity contribution in [2.75, 3.05) is 6.54 Å². The maximum absolute atomic E-state index is 12.7. The van der Waals surface area contributed by atoms with Crippen molar-refractivity contribution in [1.82, 2.24) is 5.32 Å². The van der Waals surface area contributed by atoms with Gasteiger partial charge in [-0.25, -0.2) is 0 Å². The molecule has 2 saturated carbocycles. The van der Waals surface area contributed by atoms with Crippen molar-refractivity contribution in [2.24, 2.45) is 11.8 Å². The monoisotopic (exact) mass is 467 g/mol. The fourth-order valence-corrected chi connectivity index (χ4v) is 6.15. The molecule has 186 valence electrons. The molecule has 5 nitrogen and oxygen atoms in total. The number of benzene rings is 1. The molecule has 0 aromatic heterocycles. The van der Waals surface area contributed by atoms with Gasteiger partial charge in [0.1, 0.15) is 5.54 Å². The lowest BCUT2D eigenvalue weighted by atomic mass is 9.67. The van der Waals surface area contributed by atoms with E-state index in [2.05, 4.69) is 69.4 Å². The average molecular weight is 467 g/mol. The maximum atomic E-state index is 12.7. The van der Waals surface area contributed by atoms with Gasteiger partial charge < -0.3 is 14.4 Å². The Morgan fingerprint density at radius 1 is 0.971 bits per heavy atom. The topological polar surface area (TPSA) is 67.8 Å². The molecule has 3 fully saturated rings. The summed E-state index contributed by atoms with van der Waals surface area (Å²) in [7, 11) is -0.359. The summed E-state index contributed by atoms with van der Waals surface area (Å²) in [6.07, 6.45) is 14.1. The summed E-state index contributed by atoms with van der Waals surface area (Å²) in [5.74, 6) is -0.179. The van der Waals surface area contributed by atoms with E-state index in [1.165, 1.54) is 6.42 Å². The summed E-state index contributed by atoms with van der Waals surface area (Å²) in [6.45, 7) is 8.82. The lowest BCUT2D eigenvalue weighted by Gasteiger charge is -2.44. The molecular formula is C28H42BNO4. The molecule has 1 heterocycles. The number of hydrogen-bond donors (Lipinski definition) is 2. The molecule has 0 radical (unpaired) electrons. The van der Waals surface area contributed by atoms with E-state index in [9.17, 15) is 9.90 Å². The van der Waals surface area contributed by atoms with Crippen LogP contribution >= 0.6 is 0 Å². The van der Waals surface area contributed by atoms with Crippen LogP contribution in [0, 0.1) is 11.8 Å². The quantitative estimate of drug-likeness (QED) is 0.516. The minimum atomic E-state index is -0.790. The number of rotatable bonds is 8. The van der Waals surface area contributed by atoms with Gasteiger partial charge >= 0.3 is 13.1 Å². The van der Waals surface area contributed by atoms with Gasteiger partial charge in [0.05, 0.1) is 11.2 Å². The summed E-state index contributed by atoms with van der Waals surface area (Å²) in [5, 5.41) is 14.0. The van der Waals surface area contributed by atoms with E-state index >= 15 is 0 Å². The first-order chi connectivity index (χ1) is 16.2. The highest BCUT2D eigenvalue weighted by molar-refractivity contribution is 6.62. The van der Waals surface area contributed by atoms with Gasteiger partial charge in [-0.3, -0.25) is 10.1 Å². The van der Waals surface area contributed by atoms with Crippen LogP contribution in [-0.2, 0) is 14.1 Å². The van der Waals surface area contributed by atoms with Crippen LogP contribution in [0.2, 0.25) is 0 Å². The van der Waals surface area contributed by atoms with Crippen LogP contribution in [-0.4, -0.2) is 41.5 Å². The molecule has 1 aromatic rings. The van der Waals surface area contributed by atoms with Gasteiger partial charge in [0.2, 0.25) is 0 Å². The van der Waals surface area contributed by atoms with E-state index in [1.54, 1.807) is 0 Å². The Morgan fingerprint density at radius 3 is 1.97 bits per heavy atom. The van der Waals surface area contributed by atoms with Gasteiger partial charge in [-0.1, -0.05) is 68.5 Å². The fraction of sp³-hybridized carbons (Fsp3) is 0.679. The van der Waals surface area contributed by atoms with E-state index < -0.39 is 11.5 Å². The lowest BCUT2D eigenvalue weighted by molar-refractivity contribution is -0.151. The van der Waals surface area contributed by atoms with Crippen molar-refractivity contribution < 1.29 is 19.2 Å². The second-order valence-corrected chi connectivity index (χ2v) is 11.5. The molecule has 3 aliphatic rings. The third-order valence-electron chi connectivity index (χ3n) is 8.89. The molecule has 1 atom stereocenters. The van der Waals surface area contributed by atoms with E-state index in [0.29, 0.717) is 6.54 Å². The molecule has 34 heavy (non-hydrogen) atoms. The molecule has 0 spiro atoms. The first-order valence-electron chi connectivity index (χ1n) is 13.3. The van der Waals surface area contributed by atoms with Crippen molar-refractivity contribution in [3.05, 3.63) is 35.9 Å². The van der Waals surface area contributed by atoms with Crippen LogP contribution in [0.1, 0.15) is 91.0 Å². The van der Waals surface area contributed by atoms with Gasteiger partial charge in [0.25, 0.3) is 0 Å². The Morgan fingerprint density at radius 2 is 1.47 bits per heavy atom. The number of aliphatic carboxylic acids is 1. The molecule has 0 unspecified atom stereocenters. The second-order valence-electron chi connectivity index (χ2n) is 11.5. The standard InChI is InChI=1S/C28H42BNO4/c1-26(2)27(3,4)34-29(33-26)24-18-16-21(17-19-24)11-10-20-30-28(25(31)32,23-14-8-9-15-23)22-12-6-5-7-13-22/h10-11,16-19,22-23,30H,5-9,12-15,20H2,1-4H3,(H,31,32)/b11-10+/t28-/m1/s1. The highest BCUT2D eigenvalue weighted by atomic mass is 16.7. The fourth-order valence-electron chi connectivity index (χ4n) is 6.15. The first-order valence-corrected chi connectivity index (χ1v) is 13.3. The second kappa shape index (κ2) is 10.2. The Bertz CT molecular complexity index is 853. The molecule has 6 heteroatoms. The van der Waals surface area contributed by atoms with Crippen molar-refractivity contribution >= 4 is 24.6 Å². The Balaban J connectivity index is 1.41. The van der Waals surface area contributed by atoms with Crippen LogP contribution in [0.25, 0.3) is 6.08 Å². The molecule has 1 saturated heterocycles. The highest BCUT2D eigenvalue weighted by Crippen LogP contribution is 2.44.